The summed E-state index contributed by atoms with van der Waals surface area (Å²) in [5.41, 5.74) is 4.57. The third kappa shape index (κ3) is 4.73. The zero-order valence-electron chi connectivity index (χ0n) is 15.3. The Balaban J connectivity index is 1.93. The highest BCUT2D eigenvalue weighted by atomic mass is 16.4. The molecule has 4 nitrogen and oxygen atoms in total. The van der Waals surface area contributed by atoms with E-state index in [1.807, 2.05) is 17.1 Å². The minimum Gasteiger partial charge on any atom is -0.478 e. The molecule has 1 N–H and O–H groups in total. The van der Waals surface area contributed by atoms with Crippen molar-refractivity contribution in [1.82, 2.24) is 9.80 Å². The smallest absolute Gasteiger partial charge is 0.329 e. The normalized spacial score (nSPS) is 18.6. The van der Waals surface area contributed by atoms with E-state index in [-0.39, 0.29) is 0 Å². The molecule has 0 aromatic heterocycles. The molecule has 1 saturated heterocycles. The van der Waals surface area contributed by atoms with Crippen molar-refractivity contribution in [3.63, 3.8) is 0 Å². The van der Waals surface area contributed by atoms with Crippen LogP contribution in [0, 0.1) is 6.92 Å². The van der Waals surface area contributed by atoms with Crippen LogP contribution in [0.1, 0.15) is 24.0 Å². The van der Waals surface area contributed by atoms with Crippen molar-refractivity contribution in [2.45, 2.75) is 19.8 Å². The van der Waals surface area contributed by atoms with Crippen molar-refractivity contribution in [2.24, 2.45) is 0 Å². The van der Waals surface area contributed by atoms with E-state index in [2.05, 4.69) is 48.2 Å². The first-order valence-corrected chi connectivity index (χ1v) is 9.18. The predicted molar refractivity (Wildman–Crippen MR) is 106 cm³/mol. The van der Waals surface area contributed by atoms with Crippen molar-refractivity contribution in [3.8, 4) is 0 Å². The number of carbonyl (C=O) groups is 1. The van der Waals surface area contributed by atoms with Crippen LogP contribution in [-0.2, 0) is 4.79 Å². The molecule has 0 atom stereocenters. The van der Waals surface area contributed by atoms with E-state index in [1.54, 1.807) is 6.20 Å². The number of aryl methyl sites for hydroxylation is 1. The Morgan fingerprint density at radius 1 is 1.19 bits per heavy atom. The van der Waals surface area contributed by atoms with Crippen molar-refractivity contribution >= 4 is 11.5 Å². The Kier molecular flexibility index (Phi) is 6.08. The van der Waals surface area contributed by atoms with Gasteiger partial charge in [0.2, 0.25) is 0 Å². The van der Waals surface area contributed by atoms with E-state index >= 15 is 0 Å². The summed E-state index contributed by atoms with van der Waals surface area (Å²) < 4.78 is 0. The van der Waals surface area contributed by atoms with Crippen molar-refractivity contribution in [2.75, 3.05) is 26.2 Å². The molecule has 0 bridgehead atoms. The standard InChI is InChI=1S/C22H26N2O2/c1-18-7-9-19(10-8-18)20(11-16-23-13-4-5-14-23)21-6-2-3-15-24(21)17-12-22(25)26/h2-3,6-12,17H,4-5,13-16H2,1H3,(H,25,26)/b17-12+,20-11+. The van der Waals surface area contributed by atoms with E-state index in [9.17, 15) is 4.79 Å². The number of rotatable bonds is 6. The molecule has 1 fully saturated rings. The van der Waals surface area contributed by atoms with Gasteiger partial charge in [-0.05, 0) is 44.5 Å². The summed E-state index contributed by atoms with van der Waals surface area (Å²) in [5, 5.41) is 8.99. The Morgan fingerprint density at radius 3 is 2.62 bits per heavy atom. The fourth-order valence-electron chi connectivity index (χ4n) is 3.36. The molecule has 0 spiro atoms. The van der Waals surface area contributed by atoms with Gasteiger partial charge in [-0.2, -0.15) is 0 Å². The van der Waals surface area contributed by atoms with Gasteiger partial charge in [0.05, 0.1) is 0 Å². The first kappa shape index (κ1) is 18.2. The van der Waals surface area contributed by atoms with Gasteiger partial charge < -0.3 is 10.0 Å². The number of hydrogen-bond acceptors (Lipinski definition) is 3. The summed E-state index contributed by atoms with van der Waals surface area (Å²) in [5.74, 6) is -0.933. The zero-order valence-corrected chi connectivity index (χ0v) is 15.3. The Morgan fingerprint density at radius 2 is 1.92 bits per heavy atom. The Labute approximate surface area is 155 Å². The monoisotopic (exact) mass is 350 g/mol. The van der Waals surface area contributed by atoms with Gasteiger partial charge in [-0.1, -0.05) is 48.1 Å². The molecule has 26 heavy (non-hydrogen) atoms. The molecule has 2 heterocycles. The highest BCUT2D eigenvalue weighted by molar-refractivity contribution is 5.81. The number of carboxylic acids is 1. The van der Waals surface area contributed by atoms with Gasteiger partial charge in [-0.3, -0.25) is 4.90 Å². The molecule has 0 amide bonds. The van der Waals surface area contributed by atoms with Crippen LogP contribution in [0.15, 0.2) is 66.5 Å². The summed E-state index contributed by atoms with van der Waals surface area (Å²) in [7, 11) is 0. The van der Waals surface area contributed by atoms with Crippen LogP contribution >= 0.6 is 0 Å². The Hall–Kier alpha value is -2.59. The van der Waals surface area contributed by atoms with Crippen molar-refractivity contribution < 1.29 is 9.90 Å². The molecular weight excluding hydrogens is 324 g/mol. The maximum Gasteiger partial charge on any atom is 0.329 e. The quantitative estimate of drug-likeness (QED) is 0.792. The third-order valence-corrected chi connectivity index (χ3v) is 4.79. The van der Waals surface area contributed by atoms with E-state index < -0.39 is 5.97 Å². The summed E-state index contributed by atoms with van der Waals surface area (Å²) in [4.78, 5) is 15.4. The first-order chi connectivity index (χ1) is 12.6. The predicted octanol–water partition coefficient (Wildman–Crippen LogP) is 3.83. The van der Waals surface area contributed by atoms with Gasteiger partial charge in [-0.15, -0.1) is 0 Å². The van der Waals surface area contributed by atoms with Gasteiger partial charge in [0, 0.05) is 36.6 Å². The van der Waals surface area contributed by atoms with E-state index in [0.717, 1.165) is 36.5 Å². The van der Waals surface area contributed by atoms with Crippen LogP contribution in [0.4, 0.5) is 0 Å². The summed E-state index contributed by atoms with van der Waals surface area (Å²) in [6.07, 6.45) is 13.8. The van der Waals surface area contributed by atoms with Crippen LogP contribution in [0.3, 0.4) is 0 Å². The molecule has 0 saturated carbocycles. The number of hydrogen-bond donors (Lipinski definition) is 1. The molecule has 136 valence electrons. The fraction of sp³-hybridized carbons (Fsp3) is 0.318. The van der Waals surface area contributed by atoms with E-state index in [1.165, 1.54) is 24.5 Å². The average Bonchev–Trinajstić information content (AvgIpc) is 3.16. The number of nitrogens with zero attached hydrogens (tertiary/aromatic N) is 2. The molecule has 4 heteroatoms. The van der Waals surface area contributed by atoms with Crippen LogP contribution in [0.25, 0.3) is 5.57 Å². The largest absolute Gasteiger partial charge is 0.478 e. The van der Waals surface area contributed by atoms with Crippen molar-refractivity contribution in [1.29, 1.82) is 0 Å². The topological polar surface area (TPSA) is 43.8 Å². The molecule has 1 aromatic carbocycles. The average molecular weight is 350 g/mol. The summed E-state index contributed by atoms with van der Waals surface area (Å²) in [6.45, 7) is 5.98. The maximum atomic E-state index is 11.0. The van der Waals surface area contributed by atoms with Gasteiger partial charge in [0.25, 0.3) is 0 Å². The lowest BCUT2D eigenvalue weighted by atomic mass is 9.98. The Bertz CT molecular complexity index is 751. The van der Waals surface area contributed by atoms with Gasteiger partial charge in [0.1, 0.15) is 0 Å². The SMILES string of the molecule is Cc1ccc(/C(=C\CN2CCCC2)C2=CC=CCN2/C=C/C(=O)O)cc1. The lowest BCUT2D eigenvalue weighted by molar-refractivity contribution is -0.131. The fourth-order valence-corrected chi connectivity index (χ4v) is 3.36. The van der Waals surface area contributed by atoms with Gasteiger partial charge in [-0.25, -0.2) is 4.79 Å². The molecule has 1 aromatic rings. The van der Waals surface area contributed by atoms with Crippen LogP contribution in [0.2, 0.25) is 0 Å². The molecule has 2 aliphatic heterocycles. The second-order valence-corrected chi connectivity index (χ2v) is 6.78. The highest BCUT2D eigenvalue weighted by Crippen LogP contribution is 2.29. The van der Waals surface area contributed by atoms with Crippen LogP contribution in [0.5, 0.6) is 0 Å². The maximum absolute atomic E-state index is 11.0. The third-order valence-electron chi connectivity index (χ3n) is 4.79. The minimum absolute atomic E-state index is 0.669. The van der Waals surface area contributed by atoms with Crippen molar-refractivity contribution in [3.05, 3.63) is 77.7 Å². The number of aliphatic carboxylic acids is 1. The molecule has 0 radical (unpaired) electrons. The highest BCUT2D eigenvalue weighted by Gasteiger charge is 2.17. The molecule has 0 unspecified atom stereocenters. The summed E-state index contributed by atoms with van der Waals surface area (Å²) >= 11 is 0. The summed E-state index contributed by atoms with van der Waals surface area (Å²) in [6, 6.07) is 8.53. The second kappa shape index (κ2) is 8.68. The number of benzene rings is 1. The van der Waals surface area contributed by atoms with Crippen LogP contribution < -0.4 is 0 Å². The molecule has 0 aliphatic carbocycles. The lowest BCUT2D eigenvalue weighted by Crippen LogP contribution is -2.22. The van der Waals surface area contributed by atoms with Gasteiger partial charge >= 0.3 is 5.97 Å². The number of allylic oxidation sites excluding steroid dienone is 3. The van der Waals surface area contributed by atoms with E-state index in [0.29, 0.717) is 6.54 Å². The van der Waals surface area contributed by atoms with Crippen LogP contribution in [-0.4, -0.2) is 47.1 Å². The number of likely N-dealkylation sites (tertiary alicyclic amines) is 1. The zero-order chi connectivity index (χ0) is 18.4. The molecular formula is C22H26N2O2. The molecule has 2 aliphatic rings. The first-order valence-electron chi connectivity index (χ1n) is 9.18. The van der Waals surface area contributed by atoms with Gasteiger partial charge in [0.15, 0.2) is 0 Å². The second-order valence-electron chi connectivity index (χ2n) is 6.78. The lowest BCUT2D eigenvalue weighted by Gasteiger charge is -2.27. The number of carboxylic acid groups (broad SMARTS) is 1. The van der Waals surface area contributed by atoms with E-state index in [4.69, 9.17) is 5.11 Å². The minimum atomic E-state index is -0.933. The molecule has 3 rings (SSSR count).